The molecule has 0 radical (unpaired) electrons. The molecule has 24 heavy (non-hydrogen) atoms. The molecule has 0 atom stereocenters. The highest BCUT2D eigenvalue weighted by molar-refractivity contribution is 7.89. The van der Waals surface area contributed by atoms with Crippen LogP contribution in [0.4, 0.5) is 5.69 Å². The molecule has 1 amide bonds. The van der Waals surface area contributed by atoms with Gasteiger partial charge in [-0.05, 0) is 56.3 Å². The Morgan fingerprint density at radius 2 is 1.79 bits per heavy atom. The van der Waals surface area contributed by atoms with Gasteiger partial charge < -0.3 is 4.42 Å². The summed E-state index contributed by atoms with van der Waals surface area (Å²) < 4.78 is 28.0. The number of hydrogen-bond acceptors (Lipinski definition) is 5. The van der Waals surface area contributed by atoms with E-state index in [0.717, 1.165) is 5.76 Å². The van der Waals surface area contributed by atoms with Crippen molar-refractivity contribution >= 4 is 33.4 Å². The van der Waals surface area contributed by atoms with Crippen LogP contribution in [-0.4, -0.2) is 20.0 Å². The number of sulfonamides is 1. The van der Waals surface area contributed by atoms with Gasteiger partial charge in [-0.1, -0.05) is 0 Å². The van der Waals surface area contributed by atoms with Gasteiger partial charge in [0, 0.05) is 0 Å². The fraction of sp³-hybridized carbons (Fsp3) is 0.125. The fourth-order valence-electron chi connectivity index (χ4n) is 2.31. The summed E-state index contributed by atoms with van der Waals surface area (Å²) in [5.41, 5.74) is 1.41. The number of carbonyl (C=O) groups excluding carboxylic acids is 1. The Morgan fingerprint density at radius 3 is 2.33 bits per heavy atom. The number of furan rings is 1. The Kier molecular flexibility index (Phi) is 3.86. The smallest absolute Gasteiger partial charge is 0.280 e. The van der Waals surface area contributed by atoms with Crippen LogP contribution in [0.3, 0.4) is 0 Å². The highest BCUT2D eigenvalue weighted by Crippen LogP contribution is 2.26. The van der Waals surface area contributed by atoms with Gasteiger partial charge in [0.15, 0.2) is 0 Å². The van der Waals surface area contributed by atoms with Crippen LogP contribution < -0.4 is 10.1 Å². The molecular formula is C16H15N3O4S. The Balaban J connectivity index is 1.92. The van der Waals surface area contributed by atoms with Gasteiger partial charge in [-0.2, -0.15) is 10.1 Å². The molecule has 1 aliphatic heterocycles. The minimum atomic E-state index is -3.78. The highest BCUT2D eigenvalue weighted by Gasteiger charge is 2.29. The van der Waals surface area contributed by atoms with Gasteiger partial charge in [-0.3, -0.25) is 4.79 Å². The second kappa shape index (κ2) is 5.73. The first kappa shape index (κ1) is 16.2. The molecule has 0 fully saturated rings. The van der Waals surface area contributed by atoms with Crippen molar-refractivity contribution < 1.29 is 17.6 Å². The third-order valence-corrected chi connectivity index (χ3v) is 4.45. The average molecular weight is 345 g/mol. The first-order valence-corrected chi connectivity index (χ1v) is 8.61. The Hall–Kier alpha value is -2.71. The summed E-state index contributed by atoms with van der Waals surface area (Å²) in [6.07, 6.45) is 1.63. The van der Waals surface area contributed by atoms with E-state index >= 15 is 0 Å². The van der Waals surface area contributed by atoms with Gasteiger partial charge in [0.05, 0.1) is 21.9 Å². The first-order valence-electron chi connectivity index (χ1n) is 7.07. The van der Waals surface area contributed by atoms with E-state index in [1.165, 1.54) is 29.3 Å². The number of hydrogen-bond donors (Lipinski definition) is 1. The molecule has 0 spiro atoms. The summed E-state index contributed by atoms with van der Waals surface area (Å²) in [5, 5.41) is 10.5. The molecule has 1 aromatic heterocycles. The van der Waals surface area contributed by atoms with E-state index in [-0.39, 0.29) is 10.8 Å². The molecule has 1 aliphatic rings. The summed E-state index contributed by atoms with van der Waals surface area (Å²) in [6.45, 7) is 3.54. The second-order valence-electron chi connectivity index (χ2n) is 5.35. The number of carbonyl (C=O) groups is 1. The molecule has 0 aliphatic carbocycles. The van der Waals surface area contributed by atoms with Gasteiger partial charge >= 0.3 is 0 Å². The van der Waals surface area contributed by atoms with E-state index in [4.69, 9.17) is 9.56 Å². The normalized spacial score (nSPS) is 16.8. The lowest BCUT2D eigenvalue weighted by Gasteiger charge is -2.11. The van der Waals surface area contributed by atoms with E-state index in [0.29, 0.717) is 22.7 Å². The largest absolute Gasteiger partial charge is 0.462 e. The number of nitrogens with two attached hydrogens (primary N) is 1. The fourth-order valence-corrected chi connectivity index (χ4v) is 2.83. The number of primary sulfonamides is 1. The molecule has 2 N–H and O–H groups in total. The van der Waals surface area contributed by atoms with Gasteiger partial charge in [0.25, 0.3) is 5.91 Å². The quantitative estimate of drug-likeness (QED) is 0.859. The lowest BCUT2D eigenvalue weighted by Crippen LogP contribution is -2.21. The van der Waals surface area contributed by atoms with Crippen molar-refractivity contribution in [3.8, 4) is 0 Å². The Labute approximate surface area is 139 Å². The van der Waals surface area contributed by atoms with Gasteiger partial charge in [-0.15, -0.1) is 0 Å². The first-order chi connectivity index (χ1) is 11.3. The number of nitrogens with zero attached hydrogens (tertiary/aromatic N) is 2. The third-order valence-electron chi connectivity index (χ3n) is 3.52. The van der Waals surface area contributed by atoms with Crippen LogP contribution in [0.15, 0.2) is 56.4 Å². The number of rotatable bonds is 3. The van der Waals surface area contributed by atoms with Crippen molar-refractivity contribution in [1.82, 2.24) is 0 Å². The zero-order valence-corrected chi connectivity index (χ0v) is 13.9. The lowest BCUT2D eigenvalue weighted by atomic mass is 10.1. The standard InChI is InChI=1S/C16H15N3O4S/c1-10-3-6-13(23-10)9-15-11(2)18-19(16(15)20)12-4-7-14(8-5-12)24(17,21)22/h3-9H,1-2H3,(H2,17,21,22)/b15-9-. The topological polar surface area (TPSA) is 106 Å². The minimum absolute atomic E-state index is 0.0274. The lowest BCUT2D eigenvalue weighted by molar-refractivity contribution is -0.114. The third kappa shape index (κ3) is 3.01. The van der Waals surface area contributed by atoms with Crippen LogP contribution in [0.25, 0.3) is 6.08 Å². The molecule has 0 saturated heterocycles. The molecule has 0 unspecified atom stereocenters. The van der Waals surface area contributed by atoms with Crippen molar-refractivity contribution in [2.24, 2.45) is 10.2 Å². The van der Waals surface area contributed by atoms with Crippen molar-refractivity contribution in [1.29, 1.82) is 0 Å². The Bertz CT molecular complexity index is 969. The van der Waals surface area contributed by atoms with E-state index < -0.39 is 10.0 Å². The van der Waals surface area contributed by atoms with Crippen molar-refractivity contribution in [3.63, 3.8) is 0 Å². The van der Waals surface area contributed by atoms with Crippen molar-refractivity contribution in [2.75, 3.05) is 5.01 Å². The SMILES string of the molecule is CC1=NN(c2ccc(S(N)(=O)=O)cc2)C(=O)/C1=C\c1ccc(C)o1. The second-order valence-corrected chi connectivity index (χ2v) is 6.91. The molecule has 1 aromatic carbocycles. The molecule has 8 heteroatoms. The molecule has 2 heterocycles. The molecule has 3 rings (SSSR count). The van der Waals surface area contributed by atoms with Crippen LogP contribution in [0.1, 0.15) is 18.4 Å². The summed E-state index contributed by atoms with van der Waals surface area (Å²) >= 11 is 0. The summed E-state index contributed by atoms with van der Waals surface area (Å²) in [5.74, 6) is 0.999. The van der Waals surface area contributed by atoms with Gasteiger partial charge in [0.2, 0.25) is 10.0 Å². The maximum atomic E-state index is 12.6. The van der Waals surface area contributed by atoms with Crippen LogP contribution in [-0.2, 0) is 14.8 Å². The average Bonchev–Trinajstić information content (AvgIpc) is 3.05. The zero-order valence-electron chi connectivity index (χ0n) is 13.1. The van der Waals surface area contributed by atoms with E-state index in [9.17, 15) is 13.2 Å². The van der Waals surface area contributed by atoms with E-state index in [1.807, 2.05) is 13.0 Å². The monoisotopic (exact) mass is 345 g/mol. The predicted octanol–water partition coefficient (Wildman–Crippen LogP) is 2.04. The molecular weight excluding hydrogens is 330 g/mol. The molecule has 2 aromatic rings. The summed E-state index contributed by atoms with van der Waals surface area (Å²) in [4.78, 5) is 12.5. The maximum absolute atomic E-state index is 12.6. The van der Waals surface area contributed by atoms with Crippen LogP contribution in [0.2, 0.25) is 0 Å². The van der Waals surface area contributed by atoms with Crippen LogP contribution in [0.5, 0.6) is 0 Å². The number of anilines is 1. The van der Waals surface area contributed by atoms with Gasteiger partial charge in [0.1, 0.15) is 11.5 Å². The van der Waals surface area contributed by atoms with Crippen molar-refractivity contribution in [2.45, 2.75) is 18.7 Å². The number of aryl methyl sites for hydroxylation is 1. The summed E-state index contributed by atoms with van der Waals surface area (Å²) in [6, 6.07) is 9.21. The number of hydrazone groups is 1. The van der Waals surface area contributed by atoms with E-state index in [1.54, 1.807) is 19.1 Å². The molecule has 0 bridgehead atoms. The minimum Gasteiger partial charge on any atom is -0.462 e. The molecule has 124 valence electrons. The van der Waals surface area contributed by atoms with Crippen molar-refractivity contribution in [3.05, 3.63) is 53.5 Å². The highest BCUT2D eigenvalue weighted by atomic mass is 32.2. The Morgan fingerprint density at radius 1 is 1.12 bits per heavy atom. The van der Waals surface area contributed by atoms with Gasteiger partial charge in [-0.25, -0.2) is 13.6 Å². The van der Waals surface area contributed by atoms with E-state index in [2.05, 4.69) is 5.10 Å². The molecule has 0 saturated carbocycles. The number of amides is 1. The number of benzene rings is 1. The van der Waals surface area contributed by atoms with Crippen LogP contribution in [0, 0.1) is 6.92 Å². The maximum Gasteiger partial charge on any atom is 0.280 e. The zero-order chi connectivity index (χ0) is 17.5. The summed E-state index contributed by atoms with van der Waals surface area (Å²) in [7, 11) is -3.78. The molecule has 7 nitrogen and oxygen atoms in total. The predicted molar refractivity (Wildman–Crippen MR) is 89.8 cm³/mol. The van der Waals surface area contributed by atoms with Crippen LogP contribution >= 0.6 is 0 Å².